The number of nitrogens with zero attached hydrogens (tertiary/aromatic N) is 1. The number of anilines is 1. The molecule has 0 saturated heterocycles. The molecule has 0 spiro atoms. The van der Waals surface area contributed by atoms with E-state index in [4.69, 9.17) is 4.42 Å². The summed E-state index contributed by atoms with van der Waals surface area (Å²) >= 11 is 0. The zero-order valence-corrected chi connectivity index (χ0v) is 15.7. The molecule has 4 nitrogen and oxygen atoms in total. The van der Waals surface area contributed by atoms with Gasteiger partial charge in [0, 0.05) is 24.4 Å². The first-order chi connectivity index (χ1) is 13.0. The molecule has 27 heavy (non-hydrogen) atoms. The molecule has 2 aromatic heterocycles. The van der Waals surface area contributed by atoms with E-state index in [0.29, 0.717) is 12.2 Å². The summed E-state index contributed by atoms with van der Waals surface area (Å²) in [5.41, 5.74) is 7.66. The van der Waals surface area contributed by atoms with Gasteiger partial charge >= 0.3 is 0 Å². The Balaban J connectivity index is 1.73. The van der Waals surface area contributed by atoms with Gasteiger partial charge in [0.05, 0.1) is 11.8 Å². The van der Waals surface area contributed by atoms with Gasteiger partial charge in [-0.05, 0) is 49.1 Å². The van der Waals surface area contributed by atoms with Gasteiger partial charge in [-0.3, -0.25) is 4.79 Å². The molecule has 2 heterocycles. The van der Waals surface area contributed by atoms with Crippen molar-refractivity contribution in [3.05, 3.63) is 88.8 Å². The molecule has 0 radical (unpaired) electrons. The minimum Gasteiger partial charge on any atom is -0.463 e. The Hall–Kier alpha value is -3.27. The lowest BCUT2D eigenvalue weighted by molar-refractivity contribution is 0.101. The Kier molecular flexibility index (Phi) is 4.32. The summed E-state index contributed by atoms with van der Waals surface area (Å²) in [5.74, 6) is -0.135. The number of furan rings is 1. The predicted octanol–water partition coefficient (Wildman–Crippen LogP) is 5.46. The van der Waals surface area contributed by atoms with Crippen LogP contribution >= 0.6 is 0 Å². The second kappa shape index (κ2) is 6.80. The van der Waals surface area contributed by atoms with Crippen LogP contribution in [-0.2, 0) is 6.54 Å². The van der Waals surface area contributed by atoms with E-state index in [1.165, 1.54) is 11.1 Å². The molecule has 0 aliphatic rings. The van der Waals surface area contributed by atoms with Crippen molar-refractivity contribution in [2.45, 2.75) is 27.3 Å². The molecular weight excluding hydrogens is 336 g/mol. The van der Waals surface area contributed by atoms with Crippen molar-refractivity contribution in [2.75, 3.05) is 5.32 Å². The summed E-state index contributed by atoms with van der Waals surface area (Å²) in [6.45, 7) is 6.76. The Labute approximate surface area is 158 Å². The van der Waals surface area contributed by atoms with Crippen LogP contribution in [0.5, 0.6) is 0 Å². The number of rotatable bonds is 4. The van der Waals surface area contributed by atoms with Crippen LogP contribution in [0, 0.1) is 20.8 Å². The van der Waals surface area contributed by atoms with E-state index in [2.05, 4.69) is 24.4 Å². The molecule has 4 heteroatoms. The van der Waals surface area contributed by atoms with E-state index in [0.717, 1.165) is 27.9 Å². The van der Waals surface area contributed by atoms with Gasteiger partial charge in [0.2, 0.25) is 0 Å². The average Bonchev–Trinajstić information content (AvgIpc) is 3.23. The van der Waals surface area contributed by atoms with E-state index < -0.39 is 0 Å². The van der Waals surface area contributed by atoms with Gasteiger partial charge in [-0.2, -0.15) is 0 Å². The summed E-state index contributed by atoms with van der Waals surface area (Å²) in [6.07, 6.45) is 1.66. The molecule has 0 bridgehead atoms. The highest BCUT2D eigenvalue weighted by Gasteiger charge is 2.19. The van der Waals surface area contributed by atoms with Crippen LogP contribution in [0.25, 0.3) is 11.1 Å². The lowest BCUT2D eigenvalue weighted by Gasteiger charge is -2.14. The normalized spacial score (nSPS) is 11.1. The van der Waals surface area contributed by atoms with Crippen molar-refractivity contribution in [3.8, 4) is 0 Å². The third-order valence-electron chi connectivity index (χ3n) is 5.20. The van der Waals surface area contributed by atoms with Gasteiger partial charge in [-0.15, -0.1) is 0 Å². The first kappa shape index (κ1) is 17.2. The number of hydrogen-bond acceptors (Lipinski definition) is 2. The Morgan fingerprint density at radius 1 is 1.00 bits per heavy atom. The Bertz CT molecular complexity index is 1130. The lowest BCUT2D eigenvalue weighted by atomic mass is 10.1. The van der Waals surface area contributed by atoms with Crippen molar-refractivity contribution in [2.24, 2.45) is 0 Å². The SMILES string of the molecule is Cc1ccccc1Cn1c(C(=O)Nc2cccc(C)c2C)cc2occc21. The first-order valence-corrected chi connectivity index (χ1v) is 9.03. The highest BCUT2D eigenvalue weighted by molar-refractivity contribution is 6.06. The molecule has 0 aliphatic heterocycles. The number of fused-ring (bicyclic) bond motifs is 1. The van der Waals surface area contributed by atoms with E-state index in [9.17, 15) is 4.79 Å². The number of amides is 1. The average molecular weight is 358 g/mol. The highest BCUT2D eigenvalue weighted by Crippen LogP contribution is 2.25. The number of benzene rings is 2. The van der Waals surface area contributed by atoms with Gasteiger partial charge in [0.15, 0.2) is 5.58 Å². The summed E-state index contributed by atoms with van der Waals surface area (Å²) in [7, 11) is 0. The van der Waals surface area contributed by atoms with Crippen molar-refractivity contribution in [1.82, 2.24) is 4.57 Å². The summed E-state index contributed by atoms with van der Waals surface area (Å²) in [5, 5.41) is 3.06. The fourth-order valence-corrected chi connectivity index (χ4v) is 3.37. The van der Waals surface area contributed by atoms with Crippen molar-refractivity contribution in [1.29, 1.82) is 0 Å². The predicted molar refractivity (Wildman–Crippen MR) is 108 cm³/mol. The summed E-state index contributed by atoms with van der Waals surface area (Å²) < 4.78 is 7.57. The maximum absolute atomic E-state index is 13.1. The molecular formula is C23H22N2O2. The van der Waals surface area contributed by atoms with E-state index in [-0.39, 0.29) is 5.91 Å². The molecule has 0 unspecified atom stereocenters. The number of aromatic nitrogens is 1. The van der Waals surface area contributed by atoms with Gasteiger partial charge in [0.25, 0.3) is 5.91 Å². The van der Waals surface area contributed by atoms with Gasteiger partial charge in [-0.1, -0.05) is 36.4 Å². The fourth-order valence-electron chi connectivity index (χ4n) is 3.37. The second-order valence-electron chi connectivity index (χ2n) is 6.91. The maximum Gasteiger partial charge on any atom is 0.272 e. The first-order valence-electron chi connectivity index (χ1n) is 9.03. The molecule has 2 aromatic carbocycles. The molecule has 4 rings (SSSR count). The van der Waals surface area contributed by atoms with Crippen LogP contribution in [0.4, 0.5) is 5.69 Å². The molecule has 1 N–H and O–H groups in total. The van der Waals surface area contributed by atoms with Gasteiger partial charge in [0.1, 0.15) is 5.69 Å². The summed E-state index contributed by atoms with van der Waals surface area (Å²) in [4.78, 5) is 13.1. The van der Waals surface area contributed by atoms with Crippen molar-refractivity contribution in [3.63, 3.8) is 0 Å². The van der Waals surface area contributed by atoms with Crippen molar-refractivity contribution >= 4 is 22.7 Å². The van der Waals surface area contributed by atoms with Crippen LogP contribution in [0.15, 0.2) is 65.3 Å². The largest absolute Gasteiger partial charge is 0.463 e. The summed E-state index contributed by atoms with van der Waals surface area (Å²) in [6, 6.07) is 17.9. The van der Waals surface area contributed by atoms with Crippen molar-refractivity contribution < 1.29 is 9.21 Å². The molecule has 0 aliphatic carbocycles. The fraction of sp³-hybridized carbons (Fsp3) is 0.174. The lowest BCUT2D eigenvalue weighted by Crippen LogP contribution is -2.18. The quantitative estimate of drug-likeness (QED) is 0.526. The zero-order chi connectivity index (χ0) is 19.0. The molecule has 4 aromatic rings. The third kappa shape index (κ3) is 3.14. The van der Waals surface area contributed by atoms with Crippen LogP contribution in [0.3, 0.4) is 0 Å². The van der Waals surface area contributed by atoms with Crippen LogP contribution in [0.2, 0.25) is 0 Å². The van der Waals surface area contributed by atoms with Crippen LogP contribution in [0.1, 0.15) is 32.7 Å². The standard InChI is InChI=1S/C23H22N2O2/c1-15-8-6-10-19(17(15)3)24-23(26)21-13-22-20(11-12-27-22)25(21)14-18-9-5-4-7-16(18)2/h4-13H,14H2,1-3H3,(H,24,26). The third-order valence-corrected chi connectivity index (χ3v) is 5.20. The van der Waals surface area contributed by atoms with Gasteiger partial charge in [-0.25, -0.2) is 0 Å². The minimum atomic E-state index is -0.135. The topological polar surface area (TPSA) is 47.2 Å². The smallest absolute Gasteiger partial charge is 0.272 e. The van der Waals surface area contributed by atoms with Crippen LogP contribution in [-0.4, -0.2) is 10.5 Å². The zero-order valence-electron chi connectivity index (χ0n) is 15.7. The van der Waals surface area contributed by atoms with Gasteiger partial charge < -0.3 is 14.3 Å². The Morgan fingerprint density at radius 2 is 1.78 bits per heavy atom. The number of nitrogens with one attached hydrogen (secondary N) is 1. The Morgan fingerprint density at radius 3 is 2.59 bits per heavy atom. The number of carbonyl (C=O) groups excluding carboxylic acids is 1. The van der Waals surface area contributed by atoms with E-state index >= 15 is 0 Å². The second-order valence-corrected chi connectivity index (χ2v) is 6.91. The number of aryl methyl sites for hydroxylation is 2. The van der Waals surface area contributed by atoms with E-state index in [1.807, 2.05) is 60.9 Å². The molecule has 0 atom stereocenters. The number of hydrogen-bond donors (Lipinski definition) is 1. The molecule has 1 amide bonds. The highest BCUT2D eigenvalue weighted by atomic mass is 16.3. The molecule has 0 fully saturated rings. The monoisotopic (exact) mass is 358 g/mol. The van der Waals surface area contributed by atoms with E-state index in [1.54, 1.807) is 6.26 Å². The van der Waals surface area contributed by atoms with Crippen LogP contribution < -0.4 is 5.32 Å². The number of carbonyl (C=O) groups is 1. The minimum absolute atomic E-state index is 0.135. The molecule has 0 saturated carbocycles. The maximum atomic E-state index is 13.1. The molecule has 136 valence electrons.